The van der Waals surface area contributed by atoms with Crippen molar-refractivity contribution >= 4 is 5.91 Å². The molecule has 7 nitrogen and oxygen atoms in total. The molecule has 1 amide bonds. The number of para-hydroxylation sites is 2. The Labute approximate surface area is 203 Å². The molecule has 5 rings (SSSR count). The third-order valence-electron chi connectivity index (χ3n) is 5.89. The van der Waals surface area contributed by atoms with Crippen molar-refractivity contribution in [2.75, 3.05) is 13.2 Å². The first-order valence-electron chi connectivity index (χ1n) is 11.6. The number of nitrogens with one attached hydrogen (secondary N) is 1. The van der Waals surface area contributed by atoms with Crippen LogP contribution in [-0.4, -0.2) is 28.8 Å². The summed E-state index contributed by atoms with van der Waals surface area (Å²) in [5.41, 5.74) is 2.96. The highest BCUT2D eigenvalue weighted by Gasteiger charge is 2.32. The van der Waals surface area contributed by atoms with E-state index in [0.29, 0.717) is 23.8 Å². The summed E-state index contributed by atoms with van der Waals surface area (Å²) in [5, 5.41) is 7.47. The van der Waals surface area contributed by atoms with Gasteiger partial charge in [-0.25, -0.2) is 4.68 Å². The van der Waals surface area contributed by atoms with Gasteiger partial charge >= 0.3 is 0 Å². The average Bonchev–Trinajstić information content (AvgIpc) is 2.89. The van der Waals surface area contributed by atoms with E-state index in [1.54, 1.807) is 6.07 Å². The lowest BCUT2D eigenvalue weighted by molar-refractivity contribution is -0.121. The number of fused-ring (bicyclic) bond motifs is 2. The van der Waals surface area contributed by atoms with Gasteiger partial charge in [-0.15, -0.1) is 0 Å². The minimum atomic E-state index is -0.490. The van der Waals surface area contributed by atoms with Gasteiger partial charge < -0.3 is 14.8 Å². The fraction of sp³-hybridized carbons (Fsp3) is 0.179. The highest BCUT2D eigenvalue weighted by molar-refractivity contribution is 5.89. The number of aromatic nitrogens is 2. The van der Waals surface area contributed by atoms with E-state index >= 15 is 0 Å². The van der Waals surface area contributed by atoms with Crippen LogP contribution in [0.5, 0.6) is 17.2 Å². The topological polar surface area (TPSA) is 82.5 Å². The first-order valence-corrected chi connectivity index (χ1v) is 11.6. The van der Waals surface area contributed by atoms with Crippen LogP contribution in [0.1, 0.15) is 24.0 Å². The van der Waals surface area contributed by atoms with Crippen LogP contribution in [0.4, 0.5) is 0 Å². The highest BCUT2D eigenvalue weighted by atomic mass is 16.5. The molecule has 7 heteroatoms. The minimum Gasteiger partial charge on any atom is -0.494 e. The van der Waals surface area contributed by atoms with Gasteiger partial charge in [0.25, 0.3) is 5.56 Å². The van der Waals surface area contributed by atoms with Gasteiger partial charge in [0.15, 0.2) is 0 Å². The third kappa shape index (κ3) is 4.66. The quantitative estimate of drug-likeness (QED) is 0.437. The number of hydrogen-bond donors (Lipinski definition) is 1. The number of carbonyl (C=O) groups is 1. The summed E-state index contributed by atoms with van der Waals surface area (Å²) in [5.74, 6) is 1.49. The van der Waals surface area contributed by atoms with Crippen LogP contribution in [0.3, 0.4) is 0 Å². The molecule has 176 valence electrons. The molecule has 0 saturated carbocycles. The summed E-state index contributed by atoms with van der Waals surface area (Å²) in [6.45, 7) is 3.05. The number of ether oxygens (including phenoxy) is 2. The van der Waals surface area contributed by atoms with Gasteiger partial charge in [0.05, 0.1) is 24.8 Å². The summed E-state index contributed by atoms with van der Waals surface area (Å²) in [7, 11) is 0. The Balaban J connectivity index is 1.31. The van der Waals surface area contributed by atoms with Crippen molar-refractivity contribution in [2.45, 2.75) is 19.4 Å². The first-order chi connectivity index (χ1) is 17.1. The molecule has 0 fully saturated rings. The number of carbonyl (C=O) groups excluding carboxylic acids is 1. The summed E-state index contributed by atoms with van der Waals surface area (Å²) < 4.78 is 12.8. The average molecular weight is 468 g/mol. The fourth-order valence-electron chi connectivity index (χ4n) is 4.23. The molecule has 1 aliphatic heterocycles. The standard InChI is InChI=1S/C28H25N3O4/c1-2-34-20-13-11-19(12-14-20)23-15-16-26(32)31(30-23)18-17-29-28(33)27-21-7-3-5-9-24(21)35-25-10-6-4-8-22(25)27/h3-16,27H,2,17-18H2,1H3,(H,29,33). The second-order valence-electron chi connectivity index (χ2n) is 8.14. The molecule has 4 aromatic rings. The predicted molar refractivity (Wildman–Crippen MR) is 133 cm³/mol. The van der Waals surface area contributed by atoms with Crippen molar-refractivity contribution in [3.05, 3.63) is 106 Å². The van der Waals surface area contributed by atoms with Gasteiger partial charge in [0.2, 0.25) is 5.91 Å². The lowest BCUT2D eigenvalue weighted by Crippen LogP contribution is -2.35. The van der Waals surface area contributed by atoms with Crippen LogP contribution in [0.2, 0.25) is 0 Å². The van der Waals surface area contributed by atoms with Crippen molar-refractivity contribution in [1.82, 2.24) is 15.1 Å². The Morgan fingerprint density at radius 2 is 1.60 bits per heavy atom. The molecule has 1 N–H and O–H groups in total. The zero-order valence-corrected chi connectivity index (χ0v) is 19.3. The normalized spacial score (nSPS) is 12.3. The first kappa shape index (κ1) is 22.4. The van der Waals surface area contributed by atoms with E-state index in [-0.39, 0.29) is 24.6 Å². The molecule has 0 saturated heterocycles. The molecule has 0 aliphatic carbocycles. The van der Waals surface area contributed by atoms with Crippen LogP contribution in [-0.2, 0) is 11.3 Å². The number of amides is 1. The lowest BCUT2D eigenvalue weighted by Gasteiger charge is -2.27. The Morgan fingerprint density at radius 3 is 2.26 bits per heavy atom. The van der Waals surface area contributed by atoms with Gasteiger partial charge in [0, 0.05) is 29.3 Å². The monoisotopic (exact) mass is 467 g/mol. The fourth-order valence-corrected chi connectivity index (χ4v) is 4.23. The van der Waals surface area contributed by atoms with Gasteiger partial charge in [-0.3, -0.25) is 9.59 Å². The smallest absolute Gasteiger partial charge is 0.266 e. The van der Waals surface area contributed by atoms with E-state index in [9.17, 15) is 9.59 Å². The molecule has 0 radical (unpaired) electrons. The molecular weight excluding hydrogens is 442 g/mol. The van der Waals surface area contributed by atoms with Crippen molar-refractivity contribution in [1.29, 1.82) is 0 Å². The predicted octanol–water partition coefficient (Wildman–Crippen LogP) is 4.36. The van der Waals surface area contributed by atoms with E-state index in [2.05, 4.69) is 10.4 Å². The minimum absolute atomic E-state index is 0.149. The summed E-state index contributed by atoms with van der Waals surface area (Å²) in [6, 6.07) is 25.8. The zero-order valence-electron chi connectivity index (χ0n) is 19.3. The van der Waals surface area contributed by atoms with E-state index < -0.39 is 5.92 Å². The van der Waals surface area contributed by atoms with Gasteiger partial charge in [-0.2, -0.15) is 5.10 Å². The molecule has 0 spiro atoms. The Hall–Kier alpha value is -4.39. The molecule has 0 unspecified atom stereocenters. The highest BCUT2D eigenvalue weighted by Crippen LogP contribution is 2.43. The van der Waals surface area contributed by atoms with Crippen LogP contribution in [0, 0.1) is 0 Å². The maximum Gasteiger partial charge on any atom is 0.266 e. The molecule has 1 aromatic heterocycles. The van der Waals surface area contributed by atoms with Gasteiger partial charge in [-0.1, -0.05) is 36.4 Å². The van der Waals surface area contributed by atoms with Crippen LogP contribution in [0.15, 0.2) is 89.7 Å². The zero-order chi connectivity index (χ0) is 24.2. The van der Waals surface area contributed by atoms with Gasteiger partial charge in [0.1, 0.15) is 17.2 Å². The van der Waals surface area contributed by atoms with Crippen LogP contribution >= 0.6 is 0 Å². The Kier molecular flexibility index (Phi) is 6.30. The second kappa shape index (κ2) is 9.85. The lowest BCUT2D eigenvalue weighted by atomic mass is 9.87. The van der Waals surface area contributed by atoms with Gasteiger partial charge in [-0.05, 0) is 49.4 Å². The largest absolute Gasteiger partial charge is 0.494 e. The van der Waals surface area contributed by atoms with E-state index in [0.717, 1.165) is 22.4 Å². The Bertz CT molecular complexity index is 1370. The molecule has 3 aromatic carbocycles. The van der Waals surface area contributed by atoms with Crippen LogP contribution in [0.25, 0.3) is 11.3 Å². The molecule has 35 heavy (non-hydrogen) atoms. The van der Waals surface area contributed by atoms with Crippen molar-refractivity contribution in [2.24, 2.45) is 0 Å². The third-order valence-corrected chi connectivity index (χ3v) is 5.89. The molecule has 2 heterocycles. The molecular formula is C28H25N3O4. The molecule has 0 bridgehead atoms. The maximum atomic E-state index is 13.3. The van der Waals surface area contributed by atoms with E-state index in [4.69, 9.17) is 9.47 Å². The number of nitrogens with zero attached hydrogens (tertiary/aromatic N) is 2. The number of hydrogen-bond acceptors (Lipinski definition) is 5. The second-order valence-corrected chi connectivity index (χ2v) is 8.14. The van der Waals surface area contributed by atoms with Crippen molar-refractivity contribution < 1.29 is 14.3 Å². The number of benzene rings is 3. The number of rotatable bonds is 7. The SMILES string of the molecule is CCOc1ccc(-c2ccc(=O)n(CCNC(=O)C3c4ccccc4Oc4ccccc43)n2)cc1. The van der Waals surface area contributed by atoms with E-state index in [1.165, 1.54) is 10.7 Å². The molecule has 1 aliphatic rings. The van der Waals surface area contributed by atoms with Crippen molar-refractivity contribution in [3.63, 3.8) is 0 Å². The van der Waals surface area contributed by atoms with E-state index in [1.807, 2.05) is 79.7 Å². The van der Waals surface area contributed by atoms with Crippen LogP contribution < -0.4 is 20.3 Å². The molecule has 0 atom stereocenters. The summed E-state index contributed by atoms with van der Waals surface area (Å²) in [6.07, 6.45) is 0. The Morgan fingerprint density at radius 1 is 0.943 bits per heavy atom. The summed E-state index contributed by atoms with van der Waals surface area (Å²) in [4.78, 5) is 25.7. The summed E-state index contributed by atoms with van der Waals surface area (Å²) >= 11 is 0. The van der Waals surface area contributed by atoms with Crippen molar-refractivity contribution in [3.8, 4) is 28.5 Å². The maximum absolute atomic E-state index is 13.3.